The first-order valence-corrected chi connectivity index (χ1v) is 52.9. The van der Waals surface area contributed by atoms with Crippen molar-refractivity contribution in [3.05, 3.63) is 69.3 Å². The molecule has 16 nitrogen and oxygen atoms in total. The van der Waals surface area contributed by atoms with E-state index in [1.807, 2.05) is 235 Å². The van der Waals surface area contributed by atoms with Crippen molar-refractivity contribution in [2.45, 2.75) is 517 Å². The maximum Gasteiger partial charge on any atom is 0.307 e. The van der Waals surface area contributed by atoms with Crippen molar-refractivity contribution in [3.8, 4) is 22.8 Å². The summed E-state index contributed by atoms with van der Waals surface area (Å²) >= 11 is 0. The number of aliphatic carboxylic acids is 2. The number of rotatable bonds is 30. The van der Waals surface area contributed by atoms with Crippen LogP contribution in [0.15, 0.2) is 24.3 Å². The summed E-state index contributed by atoms with van der Waals surface area (Å²) < 4.78 is 0. The van der Waals surface area contributed by atoms with Gasteiger partial charge in [-0.2, -0.15) is 0 Å². The van der Waals surface area contributed by atoms with Crippen LogP contribution >= 0.6 is 0 Å². The van der Waals surface area contributed by atoms with Gasteiger partial charge in [-0.15, -0.1) is 0 Å². The Balaban J connectivity index is -0.000000100. The first-order chi connectivity index (χ1) is 60.7. The van der Waals surface area contributed by atoms with Crippen LogP contribution in [0.4, 0.5) is 0 Å². The third-order valence-corrected chi connectivity index (χ3v) is 23.9. The normalized spacial score (nSPS) is 14.3. The number of carbonyl (C=O) groups excluding carboxylic acids is 4. The Morgan fingerprint density at radius 3 is 0.744 bits per heavy atom. The van der Waals surface area contributed by atoms with Crippen LogP contribution in [0.3, 0.4) is 0 Å². The number of carboxylic acid groups (broad SMARTS) is 2. The topological polar surface area (TPSA) is 254 Å². The molecule has 129 heavy (non-hydrogen) atoms. The van der Waals surface area contributed by atoms with Crippen molar-refractivity contribution in [2.75, 3.05) is 14.1 Å². The summed E-state index contributed by atoms with van der Waals surface area (Å²) in [5.74, 6) is 4.16. The molecule has 776 valence electrons. The summed E-state index contributed by atoms with van der Waals surface area (Å²) in [5, 5.41) is 30.9. The summed E-state index contributed by atoms with van der Waals surface area (Å²) in [6.07, 6.45) is 26.9. The monoisotopic (exact) mass is 1910 g/mol. The average molecular weight is 1910 g/mol. The van der Waals surface area contributed by atoms with E-state index in [1.54, 1.807) is 14.1 Å². The molecular formula is C111H228Fe2N8O8. The van der Waals surface area contributed by atoms with E-state index >= 15 is 0 Å². The molecule has 0 aromatic carbocycles. The smallest absolute Gasteiger partial charge is 0.307 e. The number of H-pyrrole nitrogens is 4. The molecule has 18 heteroatoms. The molecule has 10 N–H and O–H groups in total. The number of carbonyl (C=O) groups is 6. The van der Waals surface area contributed by atoms with Crippen molar-refractivity contribution in [2.24, 2.45) is 59.2 Å². The minimum Gasteiger partial charge on any atom is -0.481 e. The van der Waals surface area contributed by atoms with Crippen LogP contribution in [0.2, 0.25) is 0 Å². The van der Waals surface area contributed by atoms with Gasteiger partial charge in [-0.1, -0.05) is 389 Å². The second kappa shape index (κ2) is 107. The van der Waals surface area contributed by atoms with Crippen molar-refractivity contribution in [3.63, 3.8) is 0 Å². The summed E-state index contributed by atoms with van der Waals surface area (Å²) in [7, 11) is 3.41. The Morgan fingerprint density at radius 1 is 0.349 bits per heavy atom. The zero-order valence-corrected chi connectivity index (χ0v) is 96.1. The number of aryl methyl sites for hydroxylation is 2. The van der Waals surface area contributed by atoms with Crippen molar-refractivity contribution >= 4 is 35.6 Å². The van der Waals surface area contributed by atoms with Crippen LogP contribution < -0.4 is 21.3 Å². The second-order valence-electron chi connectivity index (χ2n) is 29.8. The molecule has 4 saturated carbocycles. The molecule has 0 bridgehead atoms. The van der Waals surface area contributed by atoms with Crippen LogP contribution in [0.5, 0.6) is 0 Å². The van der Waals surface area contributed by atoms with E-state index in [4.69, 9.17) is 0 Å². The summed E-state index contributed by atoms with van der Waals surface area (Å²) in [4.78, 5) is 84.6. The molecule has 4 aromatic heterocycles. The van der Waals surface area contributed by atoms with Gasteiger partial charge < -0.3 is 51.4 Å². The molecule has 4 fully saturated rings. The first-order valence-electron chi connectivity index (χ1n) is 52.9. The molecule has 0 saturated heterocycles. The van der Waals surface area contributed by atoms with Gasteiger partial charge >= 0.3 is 11.9 Å². The van der Waals surface area contributed by atoms with Gasteiger partial charge in [0.25, 0.3) is 0 Å². The number of aromatic amines is 4. The van der Waals surface area contributed by atoms with Gasteiger partial charge in [0.2, 0.25) is 23.6 Å². The van der Waals surface area contributed by atoms with Crippen molar-refractivity contribution in [1.29, 1.82) is 0 Å². The van der Waals surface area contributed by atoms with Crippen LogP contribution in [-0.4, -0.2) is 79.8 Å². The van der Waals surface area contributed by atoms with Crippen LogP contribution in [0, 0.1) is 73.0 Å². The van der Waals surface area contributed by atoms with Gasteiger partial charge in [-0.25, -0.2) is 0 Å². The largest absolute Gasteiger partial charge is 0.481 e. The minimum absolute atomic E-state index is 0. The number of nitrogens with one attached hydrogen (secondary N) is 8. The molecule has 8 atom stereocenters. The summed E-state index contributed by atoms with van der Waals surface area (Å²) in [6.45, 7) is 96.5. The average Bonchev–Trinajstić information content (AvgIpc) is 1.63. The third kappa shape index (κ3) is 63.0. The Labute approximate surface area is 826 Å². The Morgan fingerprint density at radius 2 is 0.558 bits per heavy atom. The fourth-order valence-electron chi connectivity index (χ4n) is 15.8. The summed E-state index contributed by atoms with van der Waals surface area (Å²) in [6, 6.07) is 8.30. The Kier molecular flexibility index (Phi) is 131. The second-order valence-corrected chi connectivity index (χ2v) is 29.8. The molecule has 4 aromatic rings. The molecular weight excluding hydrogens is 1680 g/mol. The third-order valence-electron chi connectivity index (χ3n) is 23.9. The zero-order chi connectivity index (χ0) is 101. The van der Waals surface area contributed by atoms with E-state index in [2.05, 4.69) is 149 Å². The molecule has 0 spiro atoms. The molecule has 8 unspecified atom stereocenters. The maximum absolute atomic E-state index is 12.5. The molecule has 4 amide bonds. The molecule has 4 aliphatic carbocycles. The van der Waals surface area contributed by atoms with Crippen LogP contribution in [-0.2, 0) is 99.7 Å². The molecule has 8 rings (SSSR count). The van der Waals surface area contributed by atoms with Gasteiger partial charge in [-0.05, 0) is 171 Å². The van der Waals surface area contributed by atoms with Crippen LogP contribution in [0.25, 0.3) is 22.8 Å². The molecule has 4 heterocycles. The van der Waals surface area contributed by atoms with Gasteiger partial charge in [0.15, 0.2) is 0 Å². The molecule has 0 radical (unpaired) electrons. The number of amides is 4. The van der Waals surface area contributed by atoms with E-state index in [-0.39, 0.29) is 88.9 Å². The van der Waals surface area contributed by atoms with E-state index in [0.717, 1.165) is 132 Å². The van der Waals surface area contributed by atoms with E-state index in [9.17, 15) is 39.0 Å². The van der Waals surface area contributed by atoms with Gasteiger partial charge in [-0.3, -0.25) is 28.8 Å². The fraction of sp³-hybridized carbons (Fsp3) is 0.802. The van der Waals surface area contributed by atoms with Gasteiger partial charge in [0, 0.05) is 121 Å². The van der Waals surface area contributed by atoms with Gasteiger partial charge in [0.1, 0.15) is 0 Å². The Bertz CT molecular complexity index is 2820. The summed E-state index contributed by atoms with van der Waals surface area (Å²) in [5.41, 5.74) is 11.1. The molecule has 0 aliphatic heterocycles. The Hall–Kier alpha value is -5.02. The van der Waals surface area contributed by atoms with Crippen molar-refractivity contribution < 1.29 is 73.1 Å². The number of carboxylic acids is 2. The predicted octanol–water partition coefficient (Wildman–Crippen LogP) is 33.9. The quantitative estimate of drug-likeness (QED) is 0.0224. The van der Waals surface area contributed by atoms with E-state index in [1.165, 1.54) is 77.0 Å². The first kappa shape index (κ1) is 158. The number of aromatic nitrogens is 4. The SMILES string of the molecule is C.CC.CC.CC.CC.CC.CC.CC.CC.CC.CC.CC.CC.CC.CC.CC.CC.CCC(C)C(C)C(C)(c1cc(CC(=O)O)c(-c2cc(CNC(=O)CC3CCCC3)c(C)[nH]2)[nH]1)C(C)CC.CCC(C)C(C)C(C)(c1cc(CC(=O)O)c(-c2cc(CNC(=O)CC3CCCC3)c(C)[nH]2)[nH]1)C(C)CC.CNC(=O)CC1CCCC1.CNC(=O)CC1CCCC1.[Fe].[Fe]. The maximum atomic E-state index is 12.5. The van der Waals surface area contributed by atoms with Crippen molar-refractivity contribution in [1.82, 2.24) is 41.2 Å². The fourth-order valence-corrected chi connectivity index (χ4v) is 15.8. The standard InChI is InChI=1S/2C31H49N3O3.2C8H15NO.16C2H6.CH4.2Fe/c2*1-8-19(3)21(5)31(7,20(4)9-2)27-16-24(17-29(36)37)30(34-27)26-15-25(22(6)33-26)18-32-28(35)14-23-12-10-11-13-23;2*1-9-8(10)6-7-4-2-3-5-7;16*1-2;;;/h2*15-16,19-21,23,33-34H,8-14,17-18H2,1-7H3,(H,32,35)(H,36,37);2*7H,2-6H2,1H3,(H,9,10);16*1-2H3;1H4;;. The predicted molar refractivity (Wildman–Crippen MR) is 571 cm³/mol. The minimum atomic E-state index is -0.838. The molecule has 4 aliphatic rings. The zero-order valence-electron chi connectivity index (χ0n) is 93.9. The van der Waals surface area contributed by atoms with E-state index in [0.29, 0.717) is 85.1 Å². The van der Waals surface area contributed by atoms with Gasteiger partial charge in [0.05, 0.1) is 35.6 Å². The number of hydrogen-bond acceptors (Lipinski definition) is 6. The van der Waals surface area contributed by atoms with Crippen LogP contribution in [0.1, 0.15) is 511 Å². The van der Waals surface area contributed by atoms with E-state index < -0.39 is 11.9 Å². The number of hydrogen-bond donors (Lipinski definition) is 10.